The first-order valence-corrected chi connectivity index (χ1v) is 6.32. The van der Waals surface area contributed by atoms with Gasteiger partial charge in [-0.3, -0.25) is 4.79 Å². The van der Waals surface area contributed by atoms with Gasteiger partial charge in [0.25, 0.3) is 0 Å². The van der Waals surface area contributed by atoms with Crippen molar-refractivity contribution in [1.82, 2.24) is 4.57 Å². The molecule has 0 aliphatic heterocycles. The van der Waals surface area contributed by atoms with Crippen molar-refractivity contribution in [3.05, 3.63) is 35.5 Å². The number of nitrogens with zero attached hydrogens (tertiary/aromatic N) is 1. The molecule has 2 nitrogen and oxygen atoms in total. The Bertz CT molecular complexity index is 528. The molecule has 0 saturated heterocycles. The first-order chi connectivity index (χ1) is 7.16. The van der Waals surface area contributed by atoms with Gasteiger partial charge in [-0.15, -0.1) is 0 Å². The largest absolute Gasteiger partial charge is 0.347 e. The zero-order valence-corrected chi connectivity index (χ0v) is 10.9. The molecule has 0 atom stereocenters. The Kier molecular flexibility index (Phi) is 2.82. The molecule has 0 bridgehead atoms. The minimum atomic E-state index is 0.213. The Morgan fingerprint density at radius 3 is 2.73 bits per heavy atom. The molecule has 1 aromatic heterocycles. The molecular formula is C12H12INO. The van der Waals surface area contributed by atoms with Gasteiger partial charge in [0.2, 0.25) is 0 Å². The van der Waals surface area contributed by atoms with E-state index in [9.17, 15) is 4.79 Å². The fourth-order valence-electron chi connectivity index (χ4n) is 1.94. The van der Waals surface area contributed by atoms with Crippen LogP contribution in [0.5, 0.6) is 0 Å². The van der Waals surface area contributed by atoms with Crippen LogP contribution in [0.25, 0.3) is 10.9 Å². The van der Waals surface area contributed by atoms with Crippen molar-refractivity contribution >= 4 is 39.3 Å². The van der Waals surface area contributed by atoms with Crippen molar-refractivity contribution in [2.24, 2.45) is 7.05 Å². The van der Waals surface area contributed by atoms with Crippen LogP contribution in [0.1, 0.15) is 16.1 Å². The quantitative estimate of drug-likeness (QED) is 0.474. The number of fused-ring (bicyclic) bond motifs is 1. The second kappa shape index (κ2) is 3.96. The van der Waals surface area contributed by atoms with E-state index in [2.05, 4.69) is 27.2 Å². The van der Waals surface area contributed by atoms with Crippen molar-refractivity contribution in [2.75, 3.05) is 4.43 Å². The number of hydrogen-bond donors (Lipinski definition) is 0. The van der Waals surface area contributed by atoms with Crippen LogP contribution in [0.15, 0.2) is 24.3 Å². The molecule has 0 saturated carbocycles. The topological polar surface area (TPSA) is 22.0 Å². The van der Waals surface area contributed by atoms with Gasteiger partial charge in [-0.1, -0.05) is 40.8 Å². The van der Waals surface area contributed by atoms with Crippen molar-refractivity contribution < 1.29 is 4.79 Å². The fourth-order valence-corrected chi connectivity index (χ4v) is 2.32. The molecule has 0 fully saturated rings. The van der Waals surface area contributed by atoms with Crippen molar-refractivity contribution in [1.29, 1.82) is 0 Å². The number of aryl methyl sites for hydroxylation is 1. The number of benzene rings is 1. The summed E-state index contributed by atoms with van der Waals surface area (Å²) in [6.07, 6.45) is 0. The lowest BCUT2D eigenvalue weighted by atomic mass is 10.1. The zero-order valence-electron chi connectivity index (χ0n) is 8.75. The van der Waals surface area contributed by atoms with Gasteiger partial charge >= 0.3 is 0 Å². The highest BCUT2D eigenvalue weighted by Crippen LogP contribution is 2.25. The molecule has 2 rings (SSSR count). The third kappa shape index (κ3) is 1.58. The van der Waals surface area contributed by atoms with E-state index in [1.54, 1.807) is 0 Å². The average molecular weight is 313 g/mol. The van der Waals surface area contributed by atoms with E-state index >= 15 is 0 Å². The number of carbonyl (C=O) groups is 1. The van der Waals surface area contributed by atoms with Crippen LogP contribution in [0.3, 0.4) is 0 Å². The van der Waals surface area contributed by atoms with Gasteiger partial charge in [0, 0.05) is 29.2 Å². The monoisotopic (exact) mass is 313 g/mol. The van der Waals surface area contributed by atoms with Gasteiger partial charge in [0.15, 0.2) is 5.78 Å². The summed E-state index contributed by atoms with van der Waals surface area (Å²) in [5.41, 5.74) is 3.06. The third-order valence-electron chi connectivity index (χ3n) is 2.80. The molecule has 0 aliphatic rings. The lowest BCUT2D eigenvalue weighted by Gasteiger charge is -1.98. The summed E-state index contributed by atoms with van der Waals surface area (Å²) in [5.74, 6) is 0.213. The standard InChI is InChI=1S/C12H12INO/c1-8-12(11(15)7-13)9-5-3-4-6-10(9)14(8)2/h3-6H,7H2,1-2H3. The summed E-state index contributed by atoms with van der Waals surface area (Å²) in [5, 5.41) is 1.07. The Balaban J connectivity index is 2.83. The normalized spacial score (nSPS) is 10.9. The van der Waals surface area contributed by atoms with Gasteiger partial charge in [-0.2, -0.15) is 0 Å². The Morgan fingerprint density at radius 1 is 1.40 bits per heavy atom. The molecule has 1 aromatic carbocycles. The maximum atomic E-state index is 11.8. The molecule has 1 heterocycles. The van der Waals surface area contributed by atoms with Gasteiger partial charge < -0.3 is 4.57 Å². The third-order valence-corrected chi connectivity index (χ3v) is 3.49. The van der Waals surface area contributed by atoms with Gasteiger partial charge in [-0.25, -0.2) is 0 Å². The van der Waals surface area contributed by atoms with Crippen LogP contribution < -0.4 is 0 Å². The number of ketones is 1. The summed E-state index contributed by atoms with van der Waals surface area (Å²) >= 11 is 2.12. The molecular weight excluding hydrogens is 301 g/mol. The summed E-state index contributed by atoms with van der Waals surface area (Å²) in [6, 6.07) is 8.04. The summed E-state index contributed by atoms with van der Waals surface area (Å²) < 4.78 is 2.61. The minimum Gasteiger partial charge on any atom is -0.347 e. The first-order valence-electron chi connectivity index (χ1n) is 4.80. The number of para-hydroxylation sites is 1. The number of hydrogen-bond acceptors (Lipinski definition) is 1. The number of rotatable bonds is 2. The Hall–Kier alpha value is -0.840. The van der Waals surface area contributed by atoms with Crippen LogP contribution in [-0.2, 0) is 7.05 Å². The number of Topliss-reactive ketones (excluding diaryl/α,β-unsaturated/α-hetero) is 1. The second-order valence-electron chi connectivity index (χ2n) is 3.59. The second-order valence-corrected chi connectivity index (χ2v) is 4.36. The highest BCUT2D eigenvalue weighted by atomic mass is 127. The molecule has 0 N–H and O–H groups in total. The highest BCUT2D eigenvalue weighted by Gasteiger charge is 2.16. The van der Waals surface area contributed by atoms with Crippen LogP contribution >= 0.6 is 22.6 Å². The number of halogens is 1. The van der Waals surface area contributed by atoms with E-state index in [-0.39, 0.29) is 5.78 Å². The molecule has 0 amide bonds. The van der Waals surface area contributed by atoms with Gasteiger partial charge in [0.1, 0.15) is 0 Å². The summed E-state index contributed by atoms with van der Waals surface area (Å²) in [6.45, 7) is 2.00. The summed E-state index contributed by atoms with van der Waals surface area (Å²) in [4.78, 5) is 11.8. The van der Waals surface area contributed by atoms with Crippen LogP contribution in [0.2, 0.25) is 0 Å². The highest BCUT2D eigenvalue weighted by molar-refractivity contribution is 14.1. The lowest BCUT2D eigenvalue weighted by Crippen LogP contribution is -2.02. The van der Waals surface area contributed by atoms with E-state index in [0.717, 1.165) is 22.2 Å². The minimum absolute atomic E-state index is 0.213. The molecule has 78 valence electrons. The van der Waals surface area contributed by atoms with Crippen LogP contribution in [-0.4, -0.2) is 14.8 Å². The number of aromatic nitrogens is 1. The molecule has 15 heavy (non-hydrogen) atoms. The van der Waals surface area contributed by atoms with Crippen LogP contribution in [0.4, 0.5) is 0 Å². The maximum Gasteiger partial charge on any atom is 0.174 e. The Labute approximate surface area is 102 Å². The van der Waals surface area contributed by atoms with E-state index in [1.807, 2.05) is 38.2 Å². The first kappa shape index (κ1) is 10.7. The molecule has 2 aromatic rings. The molecule has 3 heteroatoms. The molecule has 0 unspecified atom stereocenters. The number of alkyl halides is 1. The maximum absolute atomic E-state index is 11.8. The summed E-state index contributed by atoms with van der Waals surface area (Å²) in [7, 11) is 2.00. The molecule has 0 spiro atoms. The van der Waals surface area contributed by atoms with E-state index in [4.69, 9.17) is 0 Å². The smallest absolute Gasteiger partial charge is 0.174 e. The number of carbonyl (C=O) groups excluding carboxylic acids is 1. The molecule has 0 aliphatic carbocycles. The van der Waals surface area contributed by atoms with Gasteiger partial charge in [0.05, 0.1) is 4.43 Å². The van der Waals surface area contributed by atoms with Crippen LogP contribution in [0, 0.1) is 6.92 Å². The fraction of sp³-hybridized carbons (Fsp3) is 0.250. The van der Waals surface area contributed by atoms with E-state index in [0.29, 0.717) is 4.43 Å². The molecule has 0 radical (unpaired) electrons. The lowest BCUT2D eigenvalue weighted by molar-refractivity contribution is 0.102. The zero-order chi connectivity index (χ0) is 11.0. The van der Waals surface area contributed by atoms with Crippen molar-refractivity contribution in [3.63, 3.8) is 0 Å². The van der Waals surface area contributed by atoms with E-state index in [1.165, 1.54) is 0 Å². The average Bonchev–Trinajstić information content (AvgIpc) is 2.52. The SMILES string of the molecule is Cc1c(C(=O)CI)c2ccccc2n1C. The predicted molar refractivity (Wildman–Crippen MR) is 70.9 cm³/mol. The Morgan fingerprint density at radius 2 is 2.07 bits per heavy atom. The van der Waals surface area contributed by atoms with Gasteiger partial charge in [-0.05, 0) is 13.0 Å². The van der Waals surface area contributed by atoms with Crippen molar-refractivity contribution in [3.8, 4) is 0 Å². The van der Waals surface area contributed by atoms with Crippen molar-refractivity contribution in [2.45, 2.75) is 6.92 Å². The predicted octanol–water partition coefficient (Wildman–Crippen LogP) is 3.10. The van der Waals surface area contributed by atoms with E-state index < -0.39 is 0 Å².